The Kier molecular flexibility index (Phi) is 5.09. The number of anilines is 1. The first kappa shape index (κ1) is 19.1. The van der Waals surface area contributed by atoms with Crippen LogP contribution in [-0.4, -0.2) is 30.5 Å². The monoisotopic (exact) mass is 397 g/mol. The molecule has 0 aliphatic rings. The Morgan fingerprint density at radius 3 is 2.63 bits per heavy atom. The van der Waals surface area contributed by atoms with Crippen LogP contribution in [0.5, 0.6) is 0 Å². The number of rotatable bonds is 5. The SMILES string of the molecule is Cc1ccc(C)c(-c2cc(NC(=O)Cn3cnc(C#N)n3)n(-c3ccccc3)n2)c1. The fourth-order valence-corrected chi connectivity index (χ4v) is 3.13. The highest BCUT2D eigenvalue weighted by molar-refractivity contribution is 5.90. The number of carbonyl (C=O) groups is 1. The number of nitrogens with zero attached hydrogens (tertiary/aromatic N) is 6. The van der Waals surface area contributed by atoms with Gasteiger partial charge in [-0.3, -0.25) is 4.79 Å². The van der Waals surface area contributed by atoms with Crippen LogP contribution in [-0.2, 0) is 11.3 Å². The molecule has 0 aliphatic heterocycles. The summed E-state index contributed by atoms with van der Waals surface area (Å²) in [4.78, 5) is 16.4. The molecule has 4 rings (SSSR count). The van der Waals surface area contributed by atoms with Crippen molar-refractivity contribution >= 4 is 11.7 Å². The largest absolute Gasteiger partial charge is 0.309 e. The molecule has 2 aromatic heterocycles. The second-order valence-corrected chi connectivity index (χ2v) is 6.91. The van der Waals surface area contributed by atoms with E-state index in [2.05, 4.69) is 33.6 Å². The number of amides is 1. The quantitative estimate of drug-likeness (QED) is 0.557. The molecule has 0 radical (unpaired) electrons. The molecule has 1 N–H and O–H groups in total. The molecule has 30 heavy (non-hydrogen) atoms. The lowest BCUT2D eigenvalue weighted by Gasteiger charge is -2.08. The zero-order valence-electron chi connectivity index (χ0n) is 16.6. The van der Waals surface area contributed by atoms with Crippen LogP contribution in [0.2, 0.25) is 0 Å². The van der Waals surface area contributed by atoms with E-state index in [1.807, 2.05) is 56.3 Å². The fraction of sp³-hybridized carbons (Fsp3) is 0.136. The smallest absolute Gasteiger partial charge is 0.252 e. The number of hydrogen-bond donors (Lipinski definition) is 1. The van der Waals surface area contributed by atoms with Crippen molar-refractivity contribution in [3.63, 3.8) is 0 Å². The van der Waals surface area contributed by atoms with Gasteiger partial charge in [-0.05, 0) is 37.6 Å². The van der Waals surface area contributed by atoms with Gasteiger partial charge in [0.1, 0.15) is 24.8 Å². The average Bonchev–Trinajstić information content (AvgIpc) is 3.37. The lowest BCUT2D eigenvalue weighted by molar-refractivity contribution is -0.116. The molecular formula is C22H19N7O. The molecule has 0 unspecified atom stereocenters. The van der Waals surface area contributed by atoms with E-state index in [-0.39, 0.29) is 18.3 Å². The van der Waals surface area contributed by atoms with Crippen molar-refractivity contribution in [2.24, 2.45) is 0 Å². The predicted octanol–water partition coefficient (Wildman–Crippen LogP) is 3.26. The number of nitriles is 1. The first-order valence-electron chi connectivity index (χ1n) is 9.36. The summed E-state index contributed by atoms with van der Waals surface area (Å²) in [5.41, 5.74) is 4.84. The van der Waals surface area contributed by atoms with E-state index in [1.165, 1.54) is 11.0 Å². The van der Waals surface area contributed by atoms with Gasteiger partial charge in [0, 0.05) is 11.6 Å². The third kappa shape index (κ3) is 3.95. The van der Waals surface area contributed by atoms with Gasteiger partial charge in [0.05, 0.1) is 11.4 Å². The first-order valence-corrected chi connectivity index (χ1v) is 9.36. The molecule has 0 saturated heterocycles. The molecule has 0 atom stereocenters. The van der Waals surface area contributed by atoms with Gasteiger partial charge in [-0.1, -0.05) is 35.9 Å². The van der Waals surface area contributed by atoms with Gasteiger partial charge in [-0.25, -0.2) is 14.3 Å². The molecule has 0 spiro atoms. The van der Waals surface area contributed by atoms with Gasteiger partial charge in [0.2, 0.25) is 5.91 Å². The summed E-state index contributed by atoms with van der Waals surface area (Å²) in [5, 5.41) is 20.4. The summed E-state index contributed by atoms with van der Waals surface area (Å²) in [6, 6.07) is 19.5. The normalized spacial score (nSPS) is 10.6. The van der Waals surface area contributed by atoms with Crippen molar-refractivity contribution in [3.8, 4) is 23.0 Å². The van der Waals surface area contributed by atoms with Crippen LogP contribution in [0.4, 0.5) is 5.82 Å². The average molecular weight is 397 g/mol. The second kappa shape index (κ2) is 8.01. The van der Waals surface area contributed by atoms with Gasteiger partial charge in [0.25, 0.3) is 5.82 Å². The van der Waals surface area contributed by atoms with Gasteiger partial charge in [-0.15, -0.1) is 5.10 Å². The minimum absolute atomic E-state index is 0.0225. The minimum atomic E-state index is -0.297. The third-order valence-electron chi connectivity index (χ3n) is 4.59. The van der Waals surface area contributed by atoms with E-state index >= 15 is 0 Å². The van der Waals surface area contributed by atoms with Gasteiger partial charge >= 0.3 is 0 Å². The summed E-state index contributed by atoms with van der Waals surface area (Å²) in [5.74, 6) is 0.269. The van der Waals surface area contributed by atoms with Crippen molar-refractivity contribution in [3.05, 3.63) is 77.9 Å². The van der Waals surface area contributed by atoms with Crippen LogP contribution in [0.25, 0.3) is 16.9 Å². The van der Waals surface area contributed by atoms with Crippen LogP contribution in [0.3, 0.4) is 0 Å². The highest BCUT2D eigenvalue weighted by Crippen LogP contribution is 2.28. The van der Waals surface area contributed by atoms with Crippen LogP contribution in [0, 0.1) is 25.2 Å². The Morgan fingerprint density at radius 1 is 1.10 bits per heavy atom. The minimum Gasteiger partial charge on any atom is -0.309 e. The molecule has 0 saturated carbocycles. The summed E-state index contributed by atoms with van der Waals surface area (Å²) < 4.78 is 3.03. The van der Waals surface area contributed by atoms with Crippen LogP contribution in [0.1, 0.15) is 17.0 Å². The summed E-state index contributed by atoms with van der Waals surface area (Å²) in [7, 11) is 0. The number of benzene rings is 2. The zero-order chi connectivity index (χ0) is 21.1. The Morgan fingerprint density at radius 2 is 1.90 bits per heavy atom. The molecule has 8 heteroatoms. The molecular weight excluding hydrogens is 378 g/mol. The van der Waals surface area contributed by atoms with Gasteiger partial charge in [0.15, 0.2) is 0 Å². The lowest BCUT2D eigenvalue weighted by Crippen LogP contribution is -2.21. The predicted molar refractivity (Wildman–Crippen MR) is 112 cm³/mol. The van der Waals surface area contributed by atoms with E-state index in [9.17, 15) is 4.79 Å². The van der Waals surface area contributed by atoms with Crippen molar-refractivity contribution < 1.29 is 4.79 Å². The van der Waals surface area contributed by atoms with Crippen LogP contribution < -0.4 is 5.32 Å². The zero-order valence-corrected chi connectivity index (χ0v) is 16.6. The summed E-state index contributed by atoms with van der Waals surface area (Å²) in [6.45, 7) is 4.01. The number of nitrogens with one attached hydrogen (secondary N) is 1. The van der Waals surface area contributed by atoms with Crippen LogP contribution in [0.15, 0.2) is 60.9 Å². The summed E-state index contributed by atoms with van der Waals surface area (Å²) >= 11 is 0. The Balaban J connectivity index is 1.68. The third-order valence-corrected chi connectivity index (χ3v) is 4.59. The van der Waals surface area contributed by atoms with E-state index in [1.54, 1.807) is 4.68 Å². The topological polar surface area (TPSA) is 101 Å². The second-order valence-electron chi connectivity index (χ2n) is 6.91. The standard InChI is InChI=1S/C22H19N7O/c1-15-8-9-16(2)18(10-15)19-11-21(29(26-19)17-6-4-3-5-7-17)25-22(30)13-28-14-24-20(12-23)27-28/h3-11,14H,13H2,1-2H3,(H,25,30). The van der Waals surface area contributed by atoms with E-state index in [0.29, 0.717) is 5.82 Å². The number of carbonyl (C=O) groups excluding carboxylic acids is 1. The molecule has 4 aromatic rings. The molecule has 0 bridgehead atoms. The van der Waals surface area contributed by atoms with Crippen molar-refractivity contribution in [1.29, 1.82) is 5.26 Å². The van der Waals surface area contributed by atoms with Crippen molar-refractivity contribution in [2.45, 2.75) is 20.4 Å². The van der Waals surface area contributed by atoms with Crippen molar-refractivity contribution in [2.75, 3.05) is 5.32 Å². The molecule has 1 amide bonds. The number of aryl methyl sites for hydroxylation is 2. The molecule has 2 heterocycles. The number of aromatic nitrogens is 5. The lowest BCUT2D eigenvalue weighted by atomic mass is 10.0. The highest BCUT2D eigenvalue weighted by atomic mass is 16.2. The maximum Gasteiger partial charge on any atom is 0.252 e. The van der Waals surface area contributed by atoms with E-state index in [4.69, 9.17) is 10.4 Å². The first-order chi connectivity index (χ1) is 14.5. The van der Waals surface area contributed by atoms with Crippen LogP contribution >= 0.6 is 0 Å². The molecule has 2 aromatic carbocycles. The molecule has 8 nitrogen and oxygen atoms in total. The Labute approximate surface area is 173 Å². The maximum atomic E-state index is 12.6. The molecule has 0 fully saturated rings. The fourth-order valence-electron chi connectivity index (χ4n) is 3.13. The molecule has 0 aliphatic carbocycles. The number of para-hydroxylation sites is 1. The van der Waals surface area contributed by atoms with E-state index < -0.39 is 0 Å². The Bertz CT molecular complexity index is 1250. The Hall–Kier alpha value is -4.25. The molecule has 148 valence electrons. The van der Waals surface area contributed by atoms with E-state index in [0.717, 1.165) is 28.1 Å². The number of hydrogen-bond acceptors (Lipinski definition) is 5. The van der Waals surface area contributed by atoms with Crippen molar-refractivity contribution in [1.82, 2.24) is 24.5 Å². The van der Waals surface area contributed by atoms with Gasteiger partial charge in [-0.2, -0.15) is 10.4 Å². The summed E-state index contributed by atoms with van der Waals surface area (Å²) in [6.07, 6.45) is 1.36. The van der Waals surface area contributed by atoms with Gasteiger partial charge < -0.3 is 5.32 Å². The maximum absolute atomic E-state index is 12.6. The highest BCUT2D eigenvalue weighted by Gasteiger charge is 2.16.